The van der Waals surface area contributed by atoms with Gasteiger partial charge in [0.15, 0.2) is 0 Å². The quantitative estimate of drug-likeness (QED) is 0.593. The third-order valence-electron chi connectivity index (χ3n) is 2.50. The average molecular weight is 314 g/mol. The maximum absolute atomic E-state index is 11.9. The summed E-state index contributed by atoms with van der Waals surface area (Å²) in [4.78, 5) is 34.7. The second-order valence-electron chi connectivity index (χ2n) is 6.00. The maximum atomic E-state index is 11.9. The summed E-state index contributed by atoms with van der Waals surface area (Å²) in [5.74, 6) is -0.934. The normalized spacial score (nSPS) is 14.6. The molecule has 0 bridgehead atoms. The van der Waals surface area contributed by atoms with E-state index in [1.807, 2.05) is 0 Å². The summed E-state index contributed by atoms with van der Waals surface area (Å²) in [5, 5.41) is 5.10. The van der Waals surface area contributed by atoms with Gasteiger partial charge < -0.3 is 20.1 Å². The Bertz CT molecular complexity index is 451. The summed E-state index contributed by atoms with van der Waals surface area (Å²) >= 11 is 0. The van der Waals surface area contributed by atoms with Crippen LogP contribution in [-0.4, -0.2) is 42.8 Å². The number of alkyl carbamates (subject to hydrolysis) is 1. The van der Waals surface area contributed by atoms with Crippen LogP contribution in [0.5, 0.6) is 0 Å². The van der Waals surface area contributed by atoms with E-state index in [9.17, 15) is 14.4 Å². The lowest BCUT2D eigenvalue weighted by Gasteiger charge is -2.21. The van der Waals surface area contributed by atoms with Gasteiger partial charge in [-0.3, -0.25) is 4.79 Å². The smallest absolute Gasteiger partial charge is 0.408 e. The topological polar surface area (TPSA) is 93.7 Å². The minimum absolute atomic E-state index is 0.374. The lowest BCUT2D eigenvalue weighted by Crippen LogP contribution is -2.40. The van der Waals surface area contributed by atoms with Gasteiger partial charge in [-0.1, -0.05) is 6.08 Å². The van der Waals surface area contributed by atoms with Crippen LogP contribution in [0.25, 0.3) is 0 Å². The van der Waals surface area contributed by atoms with Crippen molar-refractivity contribution in [1.29, 1.82) is 0 Å². The van der Waals surface area contributed by atoms with Crippen molar-refractivity contribution >= 4 is 18.0 Å². The van der Waals surface area contributed by atoms with Crippen LogP contribution in [0.3, 0.4) is 0 Å². The first-order valence-electron chi connectivity index (χ1n) is 7.03. The standard InChI is InChI=1S/C15H26N2O5/c1-9(12(18)17-11(3)13(19)21-7)8-10(2)16-14(20)22-15(4,5)6/h8,10-11H,1-7H3,(H,16,20)(H,17,18)/b9-8+. The van der Waals surface area contributed by atoms with Crippen molar-refractivity contribution in [2.45, 2.75) is 59.2 Å². The van der Waals surface area contributed by atoms with Gasteiger partial charge in [0, 0.05) is 11.6 Å². The molecule has 2 atom stereocenters. The summed E-state index contributed by atoms with van der Waals surface area (Å²) < 4.78 is 9.65. The van der Waals surface area contributed by atoms with Crippen molar-refractivity contribution in [2.75, 3.05) is 7.11 Å². The van der Waals surface area contributed by atoms with Crippen LogP contribution in [0.1, 0.15) is 41.5 Å². The minimum Gasteiger partial charge on any atom is -0.467 e. The van der Waals surface area contributed by atoms with E-state index in [4.69, 9.17) is 4.74 Å². The molecule has 7 nitrogen and oxygen atoms in total. The molecule has 0 aliphatic carbocycles. The molecule has 0 heterocycles. The molecule has 7 heteroatoms. The SMILES string of the molecule is COC(=O)C(C)NC(=O)/C(C)=C/C(C)NC(=O)OC(C)(C)C. The van der Waals surface area contributed by atoms with Gasteiger partial charge in [0.25, 0.3) is 0 Å². The molecular formula is C15H26N2O5. The van der Waals surface area contributed by atoms with Crippen molar-refractivity contribution in [3.05, 3.63) is 11.6 Å². The first-order chi connectivity index (χ1) is 9.96. The van der Waals surface area contributed by atoms with Crippen molar-refractivity contribution in [1.82, 2.24) is 10.6 Å². The number of methoxy groups -OCH3 is 1. The van der Waals surface area contributed by atoms with E-state index in [-0.39, 0.29) is 0 Å². The molecule has 0 spiro atoms. The van der Waals surface area contributed by atoms with E-state index in [2.05, 4.69) is 15.4 Å². The first kappa shape index (κ1) is 19.9. The molecule has 2 amide bonds. The van der Waals surface area contributed by atoms with Gasteiger partial charge in [0.05, 0.1) is 7.11 Å². The second-order valence-corrected chi connectivity index (χ2v) is 6.00. The van der Waals surface area contributed by atoms with E-state index >= 15 is 0 Å². The summed E-state index contributed by atoms with van der Waals surface area (Å²) in [6.45, 7) is 10.1. The van der Waals surface area contributed by atoms with Crippen LogP contribution < -0.4 is 10.6 Å². The van der Waals surface area contributed by atoms with Crippen molar-refractivity contribution in [3.8, 4) is 0 Å². The molecule has 0 saturated heterocycles. The van der Waals surface area contributed by atoms with Gasteiger partial charge in [-0.15, -0.1) is 0 Å². The van der Waals surface area contributed by atoms with Crippen LogP contribution in [0, 0.1) is 0 Å². The number of esters is 1. The zero-order valence-corrected chi connectivity index (χ0v) is 14.3. The number of hydrogen-bond acceptors (Lipinski definition) is 5. The highest BCUT2D eigenvalue weighted by atomic mass is 16.6. The third-order valence-corrected chi connectivity index (χ3v) is 2.50. The Morgan fingerprint density at radius 2 is 1.64 bits per heavy atom. The van der Waals surface area contributed by atoms with Crippen molar-refractivity contribution in [2.24, 2.45) is 0 Å². The summed E-state index contributed by atoms with van der Waals surface area (Å²) in [5.41, 5.74) is -0.213. The lowest BCUT2D eigenvalue weighted by molar-refractivity contribution is -0.144. The molecule has 0 aromatic heterocycles. The zero-order valence-electron chi connectivity index (χ0n) is 14.3. The molecule has 0 radical (unpaired) electrons. The predicted octanol–water partition coefficient (Wildman–Crippen LogP) is 1.52. The molecule has 0 rings (SSSR count). The molecule has 0 fully saturated rings. The fourth-order valence-electron chi connectivity index (χ4n) is 1.53. The van der Waals surface area contributed by atoms with Gasteiger partial charge in [0.1, 0.15) is 11.6 Å². The highest BCUT2D eigenvalue weighted by Gasteiger charge is 2.19. The Kier molecular flexibility index (Phi) is 7.62. The fourth-order valence-corrected chi connectivity index (χ4v) is 1.53. The average Bonchev–Trinajstić information content (AvgIpc) is 2.34. The number of hydrogen-bond donors (Lipinski definition) is 2. The molecular weight excluding hydrogens is 288 g/mol. The van der Waals surface area contributed by atoms with Crippen molar-refractivity contribution in [3.63, 3.8) is 0 Å². The Morgan fingerprint density at radius 3 is 2.09 bits per heavy atom. The third kappa shape index (κ3) is 8.28. The highest BCUT2D eigenvalue weighted by molar-refractivity contribution is 5.95. The maximum Gasteiger partial charge on any atom is 0.408 e. The largest absolute Gasteiger partial charge is 0.467 e. The van der Waals surface area contributed by atoms with Gasteiger partial charge in [-0.05, 0) is 41.5 Å². The summed E-state index contributed by atoms with van der Waals surface area (Å²) in [6, 6.07) is -1.14. The Labute approximate surface area is 131 Å². The Hall–Kier alpha value is -2.05. The second kappa shape index (κ2) is 8.41. The lowest BCUT2D eigenvalue weighted by atomic mass is 10.2. The number of ether oxygens (including phenoxy) is 2. The monoisotopic (exact) mass is 314 g/mol. The number of carbonyl (C=O) groups excluding carboxylic acids is 3. The van der Waals surface area contributed by atoms with E-state index in [0.29, 0.717) is 5.57 Å². The first-order valence-corrected chi connectivity index (χ1v) is 7.03. The highest BCUT2D eigenvalue weighted by Crippen LogP contribution is 2.07. The Morgan fingerprint density at radius 1 is 1.09 bits per heavy atom. The molecule has 0 aliphatic rings. The number of rotatable bonds is 5. The van der Waals surface area contributed by atoms with E-state index in [0.717, 1.165) is 0 Å². The van der Waals surface area contributed by atoms with Crippen LogP contribution in [0.15, 0.2) is 11.6 Å². The van der Waals surface area contributed by atoms with E-state index in [1.54, 1.807) is 40.7 Å². The zero-order chi connectivity index (χ0) is 17.5. The summed E-state index contributed by atoms with van der Waals surface area (Å²) in [6.07, 6.45) is 1.01. The van der Waals surface area contributed by atoms with Gasteiger partial charge in [0.2, 0.25) is 5.91 Å². The van der Waals surface area contributed by atoms with Gasteiger partial charge in [-0.2, -0.15) is 0 Å². The molecule has 0 aliphatic heterocycles. The van der Waals surface area contributed by atoms with Crippen molar-refractivity contribution < 1.29 is 23.9 Å². The fraction of sp³-hybridized carbons (Fsp3) is 0.667. The minimum atomic E-state index is -0.741. The molecule has 0 saturated carbocycles. The van der Waals surface area contributed by atoms with Crippen LogP contribution >= 0.6 is 0 Å². The van der Waals surface area contributed by atoms with E-state index in [1.165, 1.54) is 14.0 Å². The molecule has 22 heavy (non-hydrogen) atoms. The van der Waals surface area contributed by atoms with Gasteiger partial charge >= 0.3 is 12.1 Å². The van der Waals surface area contributed by atoms with Gasteiger partial charge in [-0.25, -0.2) is 9.59 Å². The number of nitrogens with one attached hydrogen (secondary N) is 2. The Balaban J connectivity index is 4.54. The predicted molar refractivity (Wildman–Crippen MR) is 82.2 cm³/mol. The van der Waals surface area contributed by atoms with E-state index < -0.39 is 35.7 Å². The molecule has 0 aromatic rings. The van der Waals surface area contributed by atoms with Crippen LogP contribution in [-0.2, 0) is 19.1 Å². The number of amides is 2. The molecule has 2 N–H and O–H groups in total. The molecule has 2 unspecified atom stereocenters. The molecule has 126 valence electrons. The summed E-state index contributed by atoms with van der Waals surface area (Å²) in [7, 11) is 1.25. The van der Waals surface area contributed by atoms with Crippen LogP contribution in [0.2, 0.25) is 0 Å². The van der Waals surface area contributed by atoms with Crippen LogP contribution in [0.4, 0.5) is 4.79 Å². The number of carbonyl (C=O) groups is 3. The molecule has 0 aromatic carbocycles.